The molecule has 0 saturated heterocycles. The van der Waals surface area contributed by atoms with Gasteiger partial charge in [-0.2, -0.15) is 0 Å². The molecule has 1 aromatic rings. The lowest BCUT2D eigenvalue weighted by Gasteiger charge is -2.20. The molecule has 1 fully saturated rings. The summed E-state index contributed by atoms with van der Waals surface area (Å²) in [5.41, 5.74) is 1.27. The molecule has 1 saturated carbocycles. The highest BCUT2D eigenvalue weighted by Crippen LogP contribution is 2.34. The Hall–Kier alpha value is -0.310. The van der Waals surface area contributed by atoms with E-state index in [1.807, 2.05) is 17.9 Å². The fourth-order valence-electron chi connectivity index (χ4n) is 2.08. The number of hydrogen-bond donors (Lipinski definition) is 0. The van der Waals surface area contributed by atoms with Crippen LogP contribution in [-0.4, -0.2) is 9.55 Å². The van der Waals surface area contributed by atoms with Crippen molar-refractivity contribution in [1.82, 2.24) is 9.55 Å². The third-order valence-electron chi connectivity index (χ3n) is 2.88. The van der Waals surface area contributed by atoms with Crippen molar-refractivity contribution in [3.63, 3.8) is 0 Å². The van der Waals surface area contributed by atoms with Crippen LogP contribution < -0.4 is 0 Å². The lowest BCUT2D eigenvalue weighted by atomic mass is 9.87. The lowest BCUT2D eigenvalue weighted by molar-refractivity contribution is 0.436. The van der Waals surface area contributed by atoms with E-state index >= 15 is 0 Å². The molecule has 0 radical (unpaired) electrons. The molecule has 0 bridgehead atoms. The molecular weight excluding hydrogens is 228 g/mol. The van der Waals surface area contributed by atoms with E-state index in [0.29, 0.717) is 5.92 Å². The van der Waals surface area contributed by atoms with E-state index in [1.54, 1.807) is 0 Å². The Morgan fingerprint density at radius 3 is 2.62 bits per heavy atom. The molecule has 0 aromatic carbocycles. The Bertz CT molecular complexity index is 287. The summed E-state index contributed by atoms with van der Waals surface area (Å²) in [6, 6.07) is 0. The molecule has 0 amide bonds. The average molecular weight is 243 g/mol. The lowest BCUT2D eigenvalue weighted by Crippen LogP contribution is -2.05. The van der Waals surface area contributed by atoms with Crippen LogP contribution in [0, 0.1) is 0 Å². The highest BCUT2D eigenvalue weighted by molar-refractivity contribution is 9.10. The zero-order valence-corrected chi connectivity index (χ0v) is 9.55. The van der Waals surface area contributed by atoms with Crippen LogP contribution in [0.15, 0.2) is 10.9 Å². The molecule has 0 aliphatic heterocycles. The van der Waals surface area contributed by atoms with Crippen molar-refractivity contribution in [2.24, 2.45) is 7.05 Å². The zero-order chi connectivity index (χ0) is 9.26. The topological polar surface area (TPSA) is 17.8 Å². The van der Waals surface area contributed by atoms with Crippen LogP contribution in [0.4, 0.5) is 0 Å². The molecule has 1 heterocycles. The van der Waals surface area contributed by atoms with Crippen LogP contribution >= 0.6 is 15.9 Å². The molecule has 0 atom stereocenters. The second-order valence-corrected chi connectivity index (χ2v) is 4.62. The maximum atomic E-state index is 4.46. The van der Waals surface area contributed by atoms with Crippen LogP contribution in [0.25, 0.3) is 0 Å². The normalized spacial score (nSPS) is 19.2. The van der Waals surface area contributed by atoms with E-state index in [0.717, 1.165) is 0 Å². The third-order valence-corrected chi connectivity index (χ3v) is 3.85. The number of rotatable bonds is 1. The fourth-order valence-corrected chi connectivity index (χ4v) is 2.60. The van der Waals surface area contributed by atoms with Crippen molar-refractivity contribution in [2.75, 3.05) is 0 Å². The summed E-state index contributed by atoms with van der Waals surface area (Å²) in [7, 11) is 2.03. The first-order valence-electron chi connectivity index (χ1n) is 4.95. The van der Waals surface area contributed by atoms with Crippen molar-refractivity contribution in [2.45, 2.75) is 38.0 Å². The maximum Gasteiger partial charge on any atom is 0.108 e. The van der Waals surface area contributed by atoms with E-state index in [1.165, 1.54) is 42.4 Å². The van der Waals surface area contributed by atoms with Gasteiger partial charge in [-0.25, -0.2) is 4.98 Å². The molecule has 0 N–H and O–H groups in total. The number of aryl methyl sites for hydroxylation is 1. The summed E-state index contributed by atoms with van der Waals surface area (Å²) in [5.74, 6) is 0.698. The molecule has 0 unspecified atom stereocenters. The van der Waals surface area contributed by atoms with Gasteiger partial charge in [0.2, 0.25) is 0 Å². The van der Waals surface area contributed by atoms with E-state index < -0.39 is 0 Å². The van der Waals surface area contributed by atoms with Crippen LogP contribution in [0.3, 0.4) is 0 Å². The Balaban J connectivity index is 2.18. The highest BCUT2D eigenvalue weighted by Gasteiger charge is 2.20. The summed E-state index contributed by atoms with van der Waals surface area (Å²) in [6.45, 7) is 0. The van der Waals surface area contributed by atoms with E-state index in [2.05, 4.69) is 20.9 Å². The predicted molar refractivity (Wildman–Crippen MR) is 56.7 cm³/mol. The molecule has 3 heteroatoms. The van der Waals surface area contributed by atoms with Crippen LogP contribution in [0.2, 0.25) is 0 Å². The van der Waals surface area contributed by atoms with E-state index in [-0.39, 0.29) is 0 Å². The van der Waals surface area contributed by atoms with Gasteiger partial charge in [-0.3, -0.25) is 0 Å². The van der Waals surface area contributed by atoms with Crippen LogP contribution in [0.5, 0.6) is 0 Å². The molecule has 2 nitrogen and oxygen atoms in total. The number of aromatic nitrogens is 2. The summed E-state index contributed by atoms with van der Waals surface area (Å²) in [6.07, 6.45) is 8.67. The van der Waals surface area contributed by atoms with Crippen molar-refractivity contribution in [3.05, 3.63) is 16.6 Å². The number of hydrogen-bond acceptors (Lipinski definition) is 1. The minimum absolute atomic E-state index is 0.698. The van der Waals surface area contributed by atoms with Crippen molar-refractivity contribution >= 4 is 15.9 Å². The Kier molecular flexibility index (Phi) is 2.72. The molecular formula is C10H15BrN2. The predicted octanol–water partition coefficient (Wildman–Crippen LogP) is 3.23. The quantitative estimate of drug-likeness (QED) is 0.740. The SMILES string of the molecule is Cn1cnc(C2CCCCC2)c1Br. The molecule has 72 valence electrons. The van der Waals surface area contributed by atoms with Crippen molar-refractivity contribution in [3.8, 4) is 0 Å². The second-order valence-electron chi connectivity index (χ2n) is 3.87. The van der Waals surface area contributed by atoms with Gasteiger partial charge in [0.05, 0.1) is 12.0 Å². The molecule has 1 aliphatic carbocycles. The van der Waals surface area contributed by atoms with Crippen LogP contribution in [0.1, 0.15) is 43.7 Å². The van der Waals surface area contributed by atoms with Gasteiger partial charge in [-0.05, 0) is 28.8 Å². The van der Waals surface area contributed by atoms with Gasteiger partial charge in [0.1, 0.15) is 4.60 Å². The van der Waals surface area contributed by atoms with Crippen molar-refractivity contribution in [1.29, 1.82) is 0 Å². The van der Waals surface area contributed by atoms with E-state index in [9.17, 15) is 0 Å². The van der Waals surface area contributed by atoms with Gasteiger partial charge in [0.25, 0.3) is 0 Å². The van der Waals surface area contributed by atoms with Crippen molar-refractivity contribution < 1.29 is 0 Å². The Labute approximate surface area is 87.5 Å². The average Bonchev–Trinajstić information content (AvgIpc) is 2.49. The van der Waals surface area contributed by atoms with Gasteiger partial charge in [0.15, 0.2) is 0 Å². The van der Waals surface area contributed by atoms with Crippen LogP contribution in [-0.2, 0) is 7.05 Å². The number of nitrogens with zero attached hydrogens (tertiary/aromatic N) is 2. The monoisotopic (exact) mass is 242 g/mol. The number of halogens is 1. The summed E-state index contributed by atoms with van der Waals surface area (Å²) in [4.78, 5) is 4.46. The van der Waals surface area contributed by atoms with Gasteiger partial charge >= 0.3 is 0 Å². The largest absolute Gasteiger partial charge is 0.328 e. The summed E-state index contributed by atoms with van der Waals surface area (Å²) < 4.78 is 3.21. The summed E-state index contributed by atoms with van der Waals surface area (Å²) >= 11 is 3.59. The standard InChI is InChI=1S/C10H15BrN2/c1-13-7-12-9(10(13)11)8-5-3-2-4-6-8/h7-8H,2-6H2,1H3. The first kappa shape index (κ1) is 9.25. The van der Waals surface area contributed by atoms with Gasteiger partial charge < -0.3 is 4.57 Å². The maximum absolute atomic E-state index is 4.46. The number of imidazole rings is 1. The smallest absolute Gasteiger partial charge is 0.108 e. The summed E-state index contributed by atoms with van der Waals surface area (Å²) in [5, 5.41) is 0. The Morgan fingerprint density at radius 2 is 2.08 bits per heavy atom. The highest BCUT2D eigenvalue weighted by atomic mass is 79.9. The molecule has 2 rings (SSSR count). The molecule has 0 spiro atoms. The first-order valence-corrected chi connectivity index (χ1v) is 5.75. The first-order chi connectivity index (χ1) is 6.29. The van der Waals surface area contributed by atoms with Gasteiger partial charge in [0, 0.05) is 13.0 Å². The molecule has 13 heavy (non-hydrogen) atoms. The minimum Gasteiger partial charge on any atom is -0.328 e. The zero-order valence-electron chi connectivity index (χ0n) is 7.96. The van der Waals surface area contributed by atoms with Gasteiger partial charge in [-0.15, -0.1) is 0 Å². The molecule has 1 aromatic heterocycles. The Morgan fingerprint density at radius 1 is 1.38 bits per heavy atom. The van der Waals surface area contributed by atoms with Gasteiger partial charge in [-0.1, -0.05) is 19.3 Å². The molecule has 1 aliphatic rings. The second kappa shape index (κ2) is 3.82. The van der Waals surface area contributed by atoms with E-state index in [4.69, 9.17) is 0 Å². The third kappa shape index (κ3) is 1.80. The fraction of sp³-hybridized carbons (Fsp3) is 0.700. The minimum atomic E-state index is 0.698.